The molecule has 2 unspecified atom stereocenters. The lowest BCUT2D eigenvalue weighted by Crippen LogP contribution is -2.38. The average molecular weight is 279 g/mol. The fourth-order valence-corrected chi connectivity index (χ4v) is 2.76. The molecule has 0 fully saturated rings. The second-order valence-corrected chi connectivity index (χ2v) is 7.04. The number of nitrogens with one attached hydrogen (secondary N) is 1. The topological polar surface area (TPSA) is 85.1 Å². The highest BCUT2D eigenvalue weighted by Crippen LogP contribution is 2.24. The third-order valence-electron chi connectivity index (χ3n) is 3.31. The molecule has 102 valence electrons. The van der Waals surface area contributed by atoms with E-state index >= 15 is 0 Å². The maximum Gasteiger partial charge on any atom is 0.151 e. The van der Waals surface area contributed by atoms with Crippen LogP contribution in [0, 0.1) is 0 Å². The smallest absolute Gasteiger partial charge is 0.151 e. The van der Waals surface area contributed by atoms with Gasteiger partial charge in [-0.15, -0.1) is 0 Å². The molecule has 3 N–H and O–H groups in total. The average Bonchev–Trinajstić information content (AvgIpc) is 2.38. The van der Waals surface area contributed by atoms with Gasteiger partial charge in [-0.25, -0.2) is 8.42 Å². The predicted molar refractivity (Wildman–Crippen MR) is 76.1 cm³/mol. The van der Waals surface area contributed by atoms with Crippen molar-refractivity contribution in [2.24, 2.45) is 5.84 Å². The Morgan fingerprint density at radius 3 is 2.68 bits per heavy atom. The SMILES string of the molecule is CC(C(NN)c1ccc2cccnc2c1)S(C)(=O)=O. The van der Waals surface area contributed by atoms with E-state index in [0.29, 0.717) is 0 Å². The van der Waals surface area contributed by atoms with Crippen molar-refractivity contribution >= 4 is 20.7 Å². The quantitative estimate of drug-likeness (QED) is 0.648. The zero-order valence-electron chi connectivity index (χ0n) is 10.9. The van der Waals surface area contributed by atoms with E-state index < -0.39 is 21.1 Å². The molecule has 2 atom stereocenters. The minimum atomic E-state index is -3.18. The van der Waals surface area contributed by atoms with E-state index in [1.807, 2.05) is 30.3 Å². The van der Waals surface area contributed by atoms with E-state index in [9.17, 15) is 8.42 Å². The molecule has 0 saturated carbocycles. The maximum absolute atomic E-state index is 11.7. The number of aromatic nitrogens is 1. The highest BCUT2D eigenvalue weighted by molar-refractivity contribution is 7.91. The summed E-state index contributed by atoms with van der Waals surface area (Å²) >= 11 is 0. The Kier molecular flexibility index (Phi) is 3.84. The molecule has 6 heteroatoms. The second kappa shape index (κ2) is 5.24. The summed E-state index contributed by atoms with van der Waals surface area (Å²) in [5.74, 6) is 5.51. The van der Waals surface area contributed by atoms with Crippen LogP contribution in [-0.4, -0.2) is 24.9 Å². The Morgan fingerprint density at radius 1 is 1.32 bits per heavy atom. The summed E-state index contributed by atoms with van der Waals surface area (Å²) < 4.78 is 23.3. The zero-order valence-corrected chi connectivity index (χ0v) is 11.7. The summed E-state index contributed by atoms with van der Waals surface area (Å²) in [6.07, 6.45) is 2.91. The van der Waals surface area contributed by atoms with Gasteiger partial charge in [0.05, 0.1) is 16.8 Å². The summed E-state index contributed by atoms with van der Waals surface area (Å²) in [5, 5.41) is 0.396. The van der Waals surface area contributed by atoms with Gasteiger partial charge in [0.1, 0.15) is 0 Å². The van der Waals surface area contributed by atoms with Crippen molar-refractivity contribution in [1.29, 1.82) is 0 Å². The summed E-state index contributed by atoms with van der Waals surface area (Å²) in [6.45, 7) is 1.64. The highest BCUT2D eigenvalue weighted by atomic mass is 32.2. The van der Waals surface area contributed by atoms with Crippen LogP contribution in [0.15, 0.2) is 36.5 Å². The lowest BCUT2D eigenvalue weighted by molar-refractivity contribution is 0.514. The molecule has 0 radical (unpaired) electrons. The Balaban J connectivity index is 2.46. The fourth-order valence-electron chi connectivity index (χ4n) is 2.03. The van der Waals surface area contributed by atoms with Gasteiger partial charge < -0.3 is 0 Å². The number of pyridine rings is 1. The van der Waals surface area contributed by atoms with Gasteiger partial charge >= 0.3 is 0 Å². The van der Waals surface area contributed by atoms with E-state index in [-0.39, 0.29) is 0 Å². The van der Waals surface area contributed by atoms with Crippen molar-refractivity contribution < 1.29 is 8.42 Å². The molecule has 0 aliphatic rings. The highest BCUT2D eigenvalue weighted by Gasteiger charge is 2.26. The zero-order chi connectivity index (χ0) is 14.0. The Morgan fingerprint density at radius 2 is 2.05 bits per heavy atom. The number of nitrogens with zero attached hydrogens (tertiary/aromatic N) is 1. The Bertz CT molecular complexity index is 685. The van der Waals surface area contributed by atoms with Gasteiger partial charge in [0.15, 0.2) is 9.84 Å². The van der Waals surface area contributed by atoms with E-state index in [1.165, 1.54) is 6.26 Å². The number of benzene rings is 1. The van der Waals surface area contributed by atoms with Crippen LogP contribution >= 0.6 is 0 Å². The van der Waals surface area contributed by atoms with Gasteiger partial charge in [0, 0.05) is 17.8 Å². The van der Waals surface area contributed by atoms with Crippen LogP contribution in [0.5, 0.6) is 0 Å². The number of hydrazine groups is 1. The number of nitrogens with two attached hydrogens (primary N) is 1. The van der Waals surface area contributed by atoms with Gasteiger partial charge in [-0.2, -0.15) is 0 Å². The summed E-state index contributed by atoms with van der Waals surface area (Å²) in [7, 11) is -3.18. The van der Waals surface area contributed by atoms with Gasteiger partial charge in [-0.1, -0.05) is 18.2 Å². The molecule has 1 aromatic carbocycles. The number of hydrogen-bond donors (Lipinski definition) is 2. The first-order chi connectivity index (χ1) is 8.93. The third kappa shape index (κ3) is 2.91. The predicted octanol–water partition coefficient (Wildman–Crippen LogP) is 1.17. The van der Waals surface area contributed by atoms with Gasteiger partial charge in [0.2, 0.25) is 0 Å². The van der Waals surface area contributed by atoms with Crippen molar-refractivity contribution in [2.45, 2.75) is 18.2 Å². The molecule has 1 aromatic heterocycles. The molecule has 1 heterocycles. The molecule has 5 nitrogen and oxygen atoms in total. The first-order valence-electron chi connectivity index (χ1n) is 5.93. The number of hydrogen-bond acceptors (Lipinski definition) is 5. The van der Waals surface area contributed by atoms with Crippen LogP contribution in [0.25, 0.3) is 10.9 Å². The van der Waals surface area contributed by atoms with Crippen LogP contribution < -0.4 is 11.3 Å². The molecule has 0 aliphatic heterocycles. The standard InChI is InChI=1S/C13H17N3O2S/c1-9(19(2,17)18)13(16-14)11-6-5-10-4-3-7-15-12(10)8-11/h3-9,13,16H,14H2,1-2H3. The first-order valence-corrected chi connectivity index (χ1v) is 7.88. The second-order valence-electron chi connectivity index (χ2n) is 4.63. The van der Waals surface area contributed by atoms with E-state index in [1.54, 1.807) is 13.1 Å². The molecular formula is C13H17N3O2S. The molecule has 0 spiro atoms. The molecule has 0 bridgehead atoms. The van der Waals surface area contributed by atoms with Gasteiger partial charge in [-0.3, -0.25) is 16.3 Å². The molecule has 2 rings (SSSR count). The third-order valence-corrected chi connectivity index (χ3v) is 4.94. The van der Waals surface area contributed by atoms with Crippen LogP contribution in [-0.2, 0) is 9.84 Å². The summed E-state index contributed by atoms with van der Waals surface area (Å²) in [4.78, 5) is 4.26. The van der Waals surface area contributed by atoms with E-state index in [0.717, 1.165) is 16.5 Å². The summed E-state index contributed by atoms with van der Waals surface area (Å²) in [5.41, 5.74) is 4.21. The number of fused-ring (bicyclic) bond motifs is 1. The van der Waals surface area contributed by atoms with Crippen molar-refractivity contribution in [2.75, 3.05) is 6.26 Å². The fraction of sp³-hybridized carbons (Fsp3) is 0.308. The van der Waals surface area contributed by atoms with Gasteiger partial charge in [0.25, 0.3) is 0 Å². The molecule has 0 aliphatic carbocycles. The van der Waals surface area contributed by atoms with E-state index in [2.05, 4.69) is 10.4 Å². The number of rotatable bonds is 4. The lowest BCUT2D eigenvalue weighted by atomic mass is 10.0. The normalized spacial score (nSPS) is 15.3. The van der Waals surface area contributed by atoms with Crippen LogP contribution in [0.2, 0.25) is 0 Å². The lowest BCUT2D eigenvalue weighted by Gasteiger charge is -2.22. The largest absolute Gasteiger partial charge is 0.271 e. The molecule has 2 aromatic rings. The van der Waals surface area contributed by atoms with Crippen LogP contribution in [0.3, 0.4) is 0 Å². The van der Waals surface area contributed by atoms with Crippen LogP contribution in [0.4, 0.5) is 0 Å². The van der Waals surface area contributed by atoms with Crippen molar-refractivity contribution in [1.82, 2.24) is 10.4 Å². The Hall–Kier alpha value is -1.50. The molecule has 19 heavy (non-hydrogen) atoms. The monoisotopic (exact) mass is 279 g/mol. The maximum atomic E-state index is 11.7. The van der Waals surface area contributed by atoms with Crippen molar-refractivity contribution in [3.63, 3.8) is 0 Å². The molecular weight excluding hydrogens is 262 g/mol. The molecule has 0 amide bonds. The van der Waals surface area contributed by atoms with Crippen molar-refractivity contribution in [3.05, 3.63) is 42.1 Å². The molecule has 0 saturated heterocycles. The summed E-state index contributed by atoms with van der Waals surface area (Å²) in [6, 6.07) is 9.01. The minimum absolute atomic E-state index is 0.457. The van der Waals surface area contributed by atoms with Crippen LogP contribution in [0.1, 0.15) is 18.5 Å². The van der Waals surface area contributed by atoms with Crippen molar-refractivity contribution in [3.8, 4) is 0 Å². The first kappa shape index (κ1) is 13.9. The van der Waals surface area contributed by atoms with Gasteiger partial charge in [-0.05, 0) is 24.6 Å². The van der Waals surface area contributed by atoms with E-state index in [4.69, 9.17) is 5.84 Å². The minimum Gasteiger partial charge on any atom is -0.271 e. The Labute approximate surface area is 112 Å². The number of sulfone groups is 1.